The van der Waals surface area contributed by atoms with Crippen LogP contribution in [0.15, 0.2) is 41.1 Å². The summed E-state index contributed by atoms with van der Waals surface area (Å²) >= 11 is 7.63. The number of halogens is 5. The van der Waals surface area contributed by atoms with Gasteiger partial charge in [-0.1, -0.05) is 22.8 Å². The average Bonchev–Trinajstić information content (AvgIpc) is 3.57. The van der Waals surface area contributed by atoms with Crippen LogP contribution in [0.5, 0.6) is 5.88 Å². The Bertz CT molecular complexity index is 1340. The molecular weight excluding hydrogens is 550 g/mol. The minimum atomic E-state index is -4.65. The van der Waals surface area contributed by atoms with Gasteiger partial charge in [0.2, 0.25) is 5.88 Å². The zero-order chi connectivity index (χ0) is 26.9. The van der Waals surface area contributed by atoms with Crippen molar-refractivity contribution in [2.24, 2.45) is 5.16 Å². The van der Waals surface area contributed by atoms with Gasteiger partial charge in [-0.2, -0.15) is 13.2 Å². The van der Waals surface area contributed by atoms with Gasteiger partial charge in [0, 0.05) is 36.4 Å². The van der Waals surface area contributed by atoms with Gasteiger partial charge in [-0.25, -0.2) is 14.4 Å². The summed E-state index contributed by atoms with van der Waals surface area (Å²) in [6, 6.07) is 4.46. The number of thiazole rings is 1. The molecular formula is C24H20ClF4N5O3S. The van der Waals surface area contributed by atoms with E-state index in [1.165, 1.54) is 23.5 Å². The van der Waals surface area contributed by atoms with Crippen molar-refractivity contribution in [3.8, 4) is 5.88 Å². The van der Waals surface area contributed by atoms with Crippen LogP contribution in [0.4, 0.5) is 17.6 Å². The normalized spacial score (nSPS) is 18.3. The van der Waals surface area contributed by atoms with Crippen LogP contribution < -0.4 is 4.74 Å². The smallest absolute Gasteiger partial charge is 0.435 e. The Hall–Kier alpha value is -3.32. The first-order valence-corrected chi connectivity index (χ1v) is 12.9. The number of amides is 1. The van der Waals surface area contributed by atoms with Gasteiger partial charge in [0.25, 0.3) is 5.91 Å². The molecule has 38 heavy (non-hydrogen) atoms. The minimum absolute atomic E-state index is 0.132. The molecule has 0 N–H and O–H groups in total. The van der Waals surface area contributed by atoms with Crippen LogP contribution in [0.2, 0.25) is 5.02 Å². The Morgan fingerprint density at radius 3 is 2.74 bits per heavy atom. The summed E-state index contributed by atoms with van der Waals surface area (Å²) in [4.78, 5) is 31.1. The predicted octanol–water partition coefficient (Wildman–Crippen LogP) is 5.40. The lowest BCUT2D eigenvalue weighted by Gasteiger charge is -2.31. The molecule has 0 radical (unpaired) electrons. The number of alkyl halides is 3. The Morgan fingerprint density at radius 2 is 2.00 bits per heavy atom. The second-order valence-electron chi connectivity index (χ2n) is 8.73. The molecule has 2 aromatic heterocycles. The highest BCUT2D eigenvalue weighted by molar-refractivity contribution is 7.10. The number of hydrogen-bond donors (Lipinski definition) is 0. The zero-order valence-corrected chi connectivity index (χ0v) is 21.2. The van der Waals surface area contributed by atoms with Crippen molar-refractivity contribution in [2.75, 3.05) is 19.7 Å². The van der Waals surface area contributed by atoms with Crippen molar-refractivity contribution in [1.82, 2.24) is 19.9 Å². The number of carbonyl (C=O) groups is 1. The summed E-state index contributed by atoms with van der Waals surface area (Å²) in [5, 5.41) is 7.16. The summed E-state index contributed by atoms with van der Waals surface area (Å²) in [5.74, 6) is -1.03. The van der Waals surface area contributed by atoms with Gasteiger partial charge in [-0.05, 0) is 25.0 Å². The maximum absolute atomic E-state index is 14.2. The molecule has 2 aliphatic rings. The van der Waals surface area contributed by atoms with Crippen LogP contribution in [0, 0.1) is 5.82 Å². The molecule has 1 aromatic carbocycles. The number of carbonyl (C=O) groups excluding carboxylic acids is 1. The van der Waals surface area contributed by atoms with Crippen molar-refractivity contribution in [2.45, 2.75) is 37.5 Å². The number of nitrogens with zero attached hydrogens (tertiary/aromatic N) is 5. The van der Waals surface area contributed by atoms with E-state index in [0.717, 1.165) is 11.2 Å². The Labute approximate surface area is 223 Å². The van der Waals surface area contributed by atoms with Crippen LogP contribution in [0.1, 0.15) is 53.2 Å². The highest BCUT2D eigenvalue weighted by atomic mass is 35.5. The van der Waals surface area contributed by atoms with Crippen LogP contribution in [-0.4, -0.2) is 51.2 Å². The second-order valence-corrected chi connectivity index (χ2v) is 10.0. The molecule has 0 bridgehead atoms. The molecule has 200 valence electrons. The number of rotatable bonds is 6. The number of oxime groups is 1. The lowest BCUT2D eigenvalue weighted by molar-refractivity contribution is -0.141. The molecule has 2 aliphatic heterocycles. The largest absolute Gasteiger partial charge is 0.466 e. The topological polar surface area (TPSA) is 89.8 Å². The van der Waals surface area contributed by atoms with Crippen molar-refractivity contribution in [1.29, 1.82) is 0 Å². The van der Waals surface area contributed by atoms with Gasteiger partial charge in [-0.15, -0.1) is 11.3 Å². The molecule has 14 heteroatoms. The number of likely N-dealkylation sites (tertiary alicyclic amines) is 1. The number of hydrogen-bond acceptors (Lipinski definition) is 8. The molecule has 3 aromatic rings. The van der Waals surface area contributed by atoms with Gasteiger partial charge in [0.15, 0.2) is 18.4 Å². The van der Waals surface area contributed by atoms with E-state index in [-0.39, 0.29) is 28.3 Å². The maximum atomic E-state index is 14.2. The van der Waals surface area contributed by atoms with Gasteiger partial charge in [-0.3, -0.25) is 9.78 Å². The Balaban J connectivity index is 1.13. The van der Waals surface area contributed by atoms with E-state index in [9.17, 15) is 22.4 Å². The van der Waals surface area contributed by atoms with Crippen LogP contribution in [0.3, 0.4) is 0 Å². The number of piperidine rings is 1. The molecule has 0 spiro atoms. The lowest BCUT2D eigenvalue weighted by atomic mass is 9.97. The average molecular weight is 570 g/mol. The molecule has 1 fully saturated rings. The molecule has 0 aliphatic carbocycles. The van der Waals surface area contributed by atoms with Crippen molar-refractivity contribution < 1.29 is 31.9 Å². The van der Waals surface area contributed by atoms with E-state index in [4.69, 9.17) is 26.2 Å². The molecule has 4 heterocycles. The second kappa shape index (κ2) is 10.8. The van der Waals surface area contributed by atoms with E-state index in [1.807, 2.05) is 5.38 Å². The summed E-state index contributed by atoms with van der Waals surface area (Å²) < 4.78 is 57.7. The van der Waals surface area contributed by atoms with Gasteiger partial charge in [0.05, 0.1) is 28.1 Å². The molecule has 5 rings (SSSR count). The van der Waals surface area contributed by atoms with Crippen LogP contribution in [-0.2, 0) is 15.8 Å². The Morgan fingerprint density at radius 1 is 1.21 bits per heavy atom. The summed E-state index contributed by atoms with van der Waals surface area (Å²) in [6.07, 6.45) is -1.98. The first-order chi connectivity index (χ1) is 18.2. The fourth-order valence-electron chi connectivity index (χ4n) is 4.27. The monoisotopic (exact) mass is 569 g/mol. The third-order valence-corrected chi connectivity index (χ3v) is 7.59. The molecule has 1 saturated heterocycles. The van der Waals surface area contributed by atoms with E-state index < -0.39 is 30.4 Å². The Kier molecular flexibility index (Phi) is 7.48. The van der Waals surface area contributed by atoms with Gasteiger partial charge in [0.1, 0.15) is 11.5 Å². The highest BCUT2D eigenvalue weighted by Crippen LogP contribution is 2.37. The van der Waals surface area contributed by atoms with Crippen molar-refractivity contribution >= 4 is 34.6 Å². The van der Waals surface area contributed by atoms with Crippen LogP contribution in [0.25, 0.3) is 0 Å². The highest BCUT2D eigenvalue weighted by Gasteiger charge is 2.34. The standard InChI is InChI=1S/C24H20ClF4N5O3S/c25-14-2-1-3-15(26)22(14)18-8-16(33-37-18)17-12-38-23(31-17)13-4-6-34(7-5-13)21(35)11-36-20-10-30-9-19(32-20)24(27,28)29/h1-3,9-10,12-13,18H,4-8,11H2. The van der Waals surface area contributed by atoms with Crippen molar-refractivity contribution in [3.05, 3.63) is 68.8 Å². The number of ether oxygens (including phenoxy) is 1. The minimum Gasteiger partial charge on any atom is -0.466 e. The quantitative estimate of drug-likeness (QED) is 0.370. The zero-order valence-electron chi connectivity index (χ0n) is 19.6. The third-order valence-electron chi connectivity index (χ3n) is 6.25. The van der Waals surface area contributed by atoms with Gasteiger partial charge >= 0.3 is 6.18 Å². The molecule has 1 amide bonds. The maximum Gasteiger partial charge on any atom is 0.435 e. The van der Waals surface area contributed by atoms with E-state index >= 15 is 0 Å². The van der Waals surface area contributed by atoms with Gasteiger partial charge < -0.3 is 14.5 Å². The SMILES string of the molecule is O=C(COc1cncc(C(F)(F)F)n1)N1CCC(c2nc(C3=NOC(c4c(F)cccc4Cl)C3)cs2)CC1. The summed E-state index contributed by atoms with van der Waals surface area (Å²) in [5.41, 5.74) is 0.352. The third kappa shape index (κ3) is 5.73. The number of benzene rings is 1. The molecule has 8 nitrogen and oxygen atoms in total. The van der Waals surface area contributed by atoms with E-state index in [1.54, 1.807) is 11.0 Å². The van der Waals surface area contributed by atoms with Crippen LogP contribution >= 0.6 is 22.9 Å². The fraction of sp³-hybridized carbons (Fsp3) is 0.375. The summed E-state index contributed by atoms with van der Waals surface area (Å²) in [7, 11) is 0. The predicted molar refractivity (Wildman–Crippen MR) is 130 cm³/mol. The summed E-state index contributed by atoms with van der Waals surface area (Å²) in [6.45, 7) is 0.469. The van der Waals surface area contributed by atoms with E-state index in [0.29, 0.717) is 50.0 Å². The first-order valence-electron chi connectivity index (χ1n) is 11.6. The van der Waals surface area contributed by atoms with E-state index in [2.05, 4.69) is 15.1 Å². The first kappa shape index (κ1) is 26.3. The van der Waals surface area contributed by atoms with Crippen molar-refractivity contribution in [3.63, 3.8) is 0 Å². The lowest BCUT2D eigenvalue weighted by Crippen LogP contribution is -2.40. The fourth-order valence-corrected chi connectivity index (χ4v) is 5.55. The molecule has 1 unspecified atom stereocenters. The molecule has 1 atom stereocenters. The number of aromatic nitrogens is 3. The molecule has 0 saturated carbocycles.